The Morgan fingerprint density at radius 2 is 1.47 bits per heavy atom. The van der Waals surface area contributed by atoms with Crippen molar-refractivity contribution in [2.24, 2.45) is 11.8 Å². The number of hydrogen-bond donors (Lipinski definition) is 1. The van der Waals surface area contributed by atoms with Gasteiger partial charge in [0.05, 0.1) is 23.1 Å². The fraction of sp³-hybridized carbons (Fsp3) is 0.348. The number of rotatable bonds is 3. The number of carbonyl (C=O) groups excluding carboxylic acids is 3. The maximum Gasteiger partial charge on any atom is 0.257 e. The molecule has 0 radical (unpaired) electrons. The monoisotopic (exact) mass is 532 g/mol. The van der Waals surface area contributed by atoms with E-state index in [4.69, 9.17) is 0 Å². The number of aryl methyl sites for hydroxylation is 2. The number of nitrogens with zero attached hydrogens (tertiary/aromatic N) is 1. The molecule has 30 heavy (non-hydrogen) atoms. The van der Waals surface area contributed by atoms with Crippen LogP contribution >= 0.6 is 31.9 Å². The first-order valence-corrected chi connectivity index (χ1v) is 11.7. The van der Waals surface area contributed by atoms with Crippen LogP contribution in [0.3, 0.4) is 0 Å². The third-order valence-electron chi connectivity index (χ3n) is 5.78. The first-order valence-electron chi connectivity index (χ1n) is 9.91. The Labute approximate surface area is 192 Å². The SMILES string of the molecule is Cc1cc(C)cc(NC(=O)c2ccccc2N2C(=O)[C@H]3C[C@@H](Br)[C@@H](Br)C[C@H]3C2=O)c1. The second-order valence-corrected chi connectivity index (χ2v) is 10.4. The molecule has 156 valence electrons. The molecular formula is C23H22Br2N2O3. The standard InChI is InChI=1S/C23H22Br2N2O3/c1-12-7-13(2)9-14(8-12)26-21(28)15-5-3-4-6-20(15)27-22(29)16-10-18(24)19(25)11-17(16)23(27)30/h3-9,16-19H,10-11H2,1-2H3,(H,26,28)/t16-,17+,18+,19-. The topological polar surface area (TPSA) is 66.5 Å². The van der Waals surface area contributed by atoms with E-state index in [1.807, 2.05) is 32.0 Å². The van der Waals surface area contributed by atoms with Gasteiger partial charge in [0.25, 0.3) is 5.91 Å². The number of hydrogen-bond acceptors (Lipinski definition) is 3. The highest BCUT2D eigenvalue weighted by atomic mass is 79.9. The molecule has 2 fully saturated rings. The van der Waals surface area contributed by atoms with Crippen LogP contribution in [-0.4, -0.2) is 27.4 Å². The van der Waals surface area contributed by atoms with Crippen LogP contribution in [0, 0.1) is 25.7 Å². The van der Waals surface area contributed by atoms with E-state index in [0.717, 1.165) is 11.1 Å². The van der Waals surface area contributed by atoms with E-state index in [0.29, 0.717) is 29.8 Å². The van der Waals surface area contributed by atoms with Crippen LogP contribution in [0.25, 0.3) is 0 Å². The number of alkyl halides is 2. The summed E-state index contributed by atoms with van der Waals surface area (Å²) in [6.07, 6.45) is 1.19. The zero-order valence-corrected chi connectivity index (χ0v) is 19.9. The molecule has 4 atom stereocenters. The molecule has 5 nitrogen and oxygen atoms in total. The second kappa shape index (κ2) is 8.27. The molecule has 4 rings (SSSR count). The Kier molecular flexibility index (Phi) is 5.86. The van der Waals surface area contributed by atoms with Gasteiger partial charge in [-0.15, -0.1) is 0 Å². The first-order chi connectivity index (χ1) is 14.3. The van der Waals surface area contributed by atoms with Crippen LogP contribution in [0.4, 0.5) is 11.4 Å². The molecule has 1 heterocycles. The molecule has 0 unspecified atom stereocenters. The summed E-state index contributed by atoms with van der Waals surface area (Å²) < 4.78 is 0. The van der Waals surface area contributed by atoms with Gasteiger partial charge >= 0.3 is 0 Å². The highest BCUT2D eigenvalue weighted by Crippen LogP contribution is 2.44. The van der Waals surface area contributed by atoms with Gasteiger partial charge in [-0.1, -0.05) is 50.1 Å². The summed E-state index contributed by atoms with van der Waals surface area (Å²) >= 11 is 7.21. The minimum Gasteiger partial charge on any atom is -0.322 e. The second-order valence-electron chi connectivity index (χ2n) is 8.08. The fourth-order valence-electron chi connectivity index (χ4n) is 4.44. The highest BCUT2D eigenvalue weighted by Gasteiger charge is 2.52. The number of benzene rings is 2. The maximum atomic E-state index is 13.2. The van der Waals surface area contributed by atoms with Crippen molar-refractivity contribution in [2.75, 3.05) is 10.2 Å². The van der Waals surface area contributed by atoms with Crippen molar-refractivity contribution in [1.29, 1.82) is 0 Å². The molecular weight excluding hydrogens is 512 g/mol. The van der Waals surface area contributed by atoms with Crippen molar-refractivity contribution in [3.05, 3.63) is 59.2 Å². The van der Waals surface area contributed by atoms with Gasteiger partial charge in [0, 0.05) is 15.3 Å². The molecule has 0 bridgehead atoms. The number of carbonyl (C=O) groups is 3. The van der Waals surface area contributed by atoms with Crippen LogP contribution < -0.4 is 10.2 Å². The minimum atomic E-state index is -0.355. The highest BCUT2D eigenvalue weighted by molar-refractivity contribution is 9.12. The molecule has 2 aromatic rings. The van der Waals surface area contributed by atoms with E-state index < -0.39 is 0 Å². The number of amides is 3. The Hall–Kier alpha value is -1.99. The third-order valence-corrected chi connectivity index (χ3v) is 8.51. The molecule has 1 N–H and O–H groups in total. The summed E-state index contributed by atoms with van der Waals surface area (Å²) in [5.74, 6) is -1.50. The Bertz CT molecular complexity index is 991. The number of fused-ring (bicyclic) bond motifs is 1. The maximum absolute atomic E-state index is 13.2. The van der Waals surface area contributed by atoms with E-state index in [1.165, 1.54) is 4.90 Å². The van der Waals surface area contributed by atoms with E-state index >= 15 is 0 Å². The molecule has 1 aliphatic carbocycles. The summed E-state index contributed by atoms with van der Waals surface area (Å²) in [5.41, 5.74) is 3.43. The number of nitrogens with one attached hydrogen (secondary N) is 1. The van der Waals surface area contributed by atoms with Crippen molar-refractivity contribution >= 4 is 61.0 Å². The minimum absolute atomic E-state index is 0.138. The predicted molar refractivity (Wildman–Crippen MR) is 124 cm³/mol. The van der Waals surface area contributed by atoms with Crippen LogP contribution in [0.5, 0.6) is 0 Å². The molecule has 7 heteroatoms. The number of para-hydroxylation sites is 1. The predicted octanol–water partition coefficient (Wildman–Crippen LogP) is 4.98. The van der Waals surface area contributed by atoms with Gasteiger partial charge in [-0.3, -0.25) is 14.4 Å². The van der Waals surface area contributed by atoms with Crippen LogP contribution in [0.2, 0.25) is 0 Å². The van der Waals surface area contributed by atoms with E-state index in [9.17, 15) is 14.4 Å². The van der Waals surface area contributed by atoms with Crippen LogP contribution in [-0.2, 0) is 9.59 Å². The average Bonchev–Trinajstić information content (AvgIpc) is 2.91. The lowest BCUT2D eigenvalue weighted by atomic mass is 9.81. The van der Waals surface area contributed by atoms with Gasteiger partial charge in [-0.05, 0) is 62.1 Å². The normalized spacial score (nSPS) is 25.9. The van der Waals surface area contributed by atoms with Crippen molar-refractivity contribution in [3.63, 3.8) is 0 Å². The molecule has 0 spiro atoms. The van der Waals surface area contributed by atoms with Gasteiger partial charge in [0.1, 0.15) is 0 Å². The lowest BCUT2D eigenvalue weighted by Gasteiger charge is -2.29. The number of halogens is 2. The smallest absolute Gasteiger partial charge is 0.257 e. The summed E-state index contributed by atoms with van der Waals surface area (Å²) in [4.78, 5) is 40.9. The van der Waals surface area contributed by atoms with Gasteiger partial charge < -0.3 is 5.32 Å². The summed E-state index contributed by atoms with van der Waals surface area (Å²) in [6, 6.07) is 12.6. The Morgan fingerprint density at radius 3 is 2.03 bits per heavy atom. The van der Waals surface area contributed by atoms with Crippen molar-refractivity contribution < 1.29 is 14.4 Å². The summed E-state index contributed by atoms with van der Waals surface area (Å²) in [5, 5.41) is 2.91. The zero-order chi connectivity index (χ0) is 21.6. The molecule has 2 aliphatic rings. The molecule has 0 aromatic heterocycles. The Balaban J connectivity index is 1.65. The van der Waals surface area contributed by atoms with Crippen molar-refractivity contribution in [1.82, 2.24) is 0 Å². The van der Waals surface area contributed by atoms with Crippen LogP contribution in [0.1, 0.15) is 34.3 Å². The summed E-state index contributed by atoms with van der Waals surface area (Å²) in [7, 11) is 0. The molecule has 2 aromatic carbocycles. The van der Waals surface area contributed by atoms with Gasteiger partial charge in [0.15, 0.2) is 0 Å². The Morgan fingerprint density at radius 1 is 0.933 bits per heavy atom. The average molecular weight is 534 g/mol. The van der Waals surface area contributed by atoms with Crippen molar-refractivity contribution in [2.45, 2.75) is 36.3 Å². The quantitative estimate of drug-likeness (QED) is 0.447. The van der Waals surface area contributed by atoms with E-state index in [1.54, 1.807) is 24.3 Å². The van der Waals surface area contributed by atoms with Crippen molar-refractivity contribution in [3.8, 4) is 0 Å². The van der Waals surface area contributed by atoms with Crippen LogP contribution in [0.15, 0.2) is 42.5 Å². The lowest BCUT2D eigenvalue weighted by molar-refractivity contribution is -0.122. The third kappa shape index (κ3) is 3.85. The molecule has 1 saturated heterocycles. The molecule has 1 saturated carbocycles. The largest absolute Gasteiger partial charge is 0.322 e. The first kappa shape index (κ1) is 21.2. The number of anilines is 2. The fourth-order valence-corrected chi connectivity index (χ4v) is 5.68. The number of imide groups is 1. The van der Waals surface area contributed by atoms with E-state index in [-0.39, 0.29) is 39.2 Å². The molecule has 1 aliphatic heterocycles. The van der Waals surface area contributed by atoms with Gasteiger partial charge in [0.2, 0.25) is 11.8 Å². The zero-order valence-electron chi connectivity index (χ0n) is 16.7. The summed E-state index contributed by atoms with van der Waals surface area (Å²) in [6.45, 7) is 3.93. The van der Waals surface area contributed by atoms with Gasteiger partial charge in [-0.2, -0.15) is 0 Å². The lowest BCUT2D eigenvalue weighted by Crippen LogP contribution is -2.34. The van der Waals surface area contributed by atoms with E-state index in [2.05, 4.69) is 37.2 Å². The van der Waals surface area contributed by atoms with Gasteiger partial charge in [-0.25, -0.2) is 4.90 Å². The molecule has 3 amide bonds.